The number of nitrogens with zero attached hydrogens (tertiary/aromatic N) is 2. The number of ketones is 1. The van der Waals surface area contributed by atoms with Gasteiger partial charge in [0.15, 0.2) is 6.10 Å². The molecule has 0 saturated carbocycles. The van der Waals surface area contributed by atoms with E-state index in [-0.39, 0.29) is 28.1 Å². The average molecular weight is 557 g/mol. The van der Waals surface area contributed by atoms with E-state index in [1.54, 1.807) is 18.2 Å². The Labute approximate surface area is 229 Å². The Morgan fingerprint density at radius 1 is 0.974 bits per heavy atom. The van der Waals surface area contributed by atoms with Crippen molar-refractivity contribution in [3.05, 3.63) is 82.1 Å². The Kier molecular flexibility index (Phi) is 8.16. The first-order valence-electron chi connectivity index (χ1n) is 12.7. The summed E-state index contributed by atoms with van der Waals surface area (Å²) in [7, 11) is -3.66. The van der Waals surface area contributed by atoms with Gasteiger partial charge in [-0.2, -0.15) is 4.31 Å². The number of rotatable bonds is 7. The highest BCUT2D eigenvalue weighted by molar-refractivity contribution is 7.89. The molecule has 3 atom stereocenters. The molecule has 0 amide bonds. The molecule has 2 heterocycles. The summed E-state index contributed by atoms with van der Waals surface area (Å²) in [6, 6.07) is 14.8. The minimum absolute atomic E-state index is 0.133. The van der Waals surface area contributed by atoms with E-state index in [9.17, 15) is 18.0 Å². The van der Waals surface area contributed by atoms with Crippen LogP contribution in [0.25, 0.3) is 5.69 Å². The Bertz CT molecular complexity index is 1440. The van der Waals surface area contributed by atoms with Gasteiger partial charge in [0.1, 0.15) is 0 Å². The molecule has 0 bridgehead atoms. The molecule has 1 fully saturated rings. The van der Waals surface area contributed by atoms with Crippen LogP contribution in [-0.2, 0) is 14.8 Å². The number of piperidine rings is 1. The van der Waals surface area contributed by atoms with Crippen molar-refractivity contribution >= 4 is 33.4 Å². The molecule has 1 saturated heterocycles. The van der Waals surface area contributed by atoms with Crippen molar-refractivity contribution < 1.29 is 22.7 Å². The number of halogens is 1. The second-order valence-electron chi connectivity index (χ2n) is 10.3. The van der Waals surface area contributed by atoms with Gasteiger partial charge in [0.05, 0.1) is 10.5 Å². The highest BCUT2D eigenvalue weighted by atomic mass is 35.5. The van der Waals surface area contributed by atoms with Gasteiger partial charge in [0, 0.05) is 40.8 Å². The van der Waals surface area contributed by atoms with Gasteiger partial charge in [-0.1, -0.05) is 25.4 Å². The maximum absolute atomic E-state index is 13.2. The van der Waals surface area contributed by atoms with Crippen LogP contribution in [0.3, 0.4) is 0 Å². The molecule has 0 spiro atoms. The summed E-state index contributed by atoms with van der Waals surface area (Å²) >= 11 is 6.01. The predicted octanol–water partition coefficient (Wildman–Crippen LogP) is 5.84. The number of sulfonamides is 1. The Balaban J connectivity index is 1.46. The van der Waals surface area contributed by atoms with Gasteiger partial charge in [-0.05, 0) is 93.6 Å². The number of esters is 1. The number of hydrogen-bond donors (Lipinski definition) is 0. The number of carbonyl (C=O) groups excluding carboxylic acids is 2. The number of aromatic nitrogens is 1. The quantitative estimate of drug-likeness (QED) is 0.269. The van der Waals surface area contributed by atoms with Crippen molar-refractivity contribution in [3.8, 4) is 5.69 Å². The lowest BCUT2D eigenvalue weighted by Gasteiger charge is -2.34. The van der Waals surface area contributed by atoms with E-state index in [0.29, 0.717) is 23.7 Å². The molecule has 1 aromatic heterocycles. The molecule has 1 aliphatic rings. The average Bonchev–Trinajstić information content (AvgIpc) is 3.17. The monoisotopic (exact) mass is 556 g/mol. The fraction of sp³-hybridized carbons (Fsp3) is 0.379. The van der Waals surface area contributed by atoms with Crippen LogP contribution in [-0.4, -0.2) is 48.2 Å². The fourth-order valence-corrected chi connectivity index (χ4v) is 7.02. The molecule has 4 rings (SSSR count). The molecule has 2 aromatic carbocycles. The second kappa shape index (κ2) is 11.0. The van der Waals surface area contributed by atoms with E-state index in [1.807, 2.05) is 30.5 Å². The topological polar surface area (TPSA) is 85.7 Å². The van der Waals surface area contributed by atoms with Crippen molar-refractivity contribution in [2.75, 3.05) is 13.1 Å². The van der Waals surface area contributed by atoms with Crippen molar-refractivity contribution in [2.45, 2.75) is 52.0 Å². The van der Waals surface area contributed by atoms with E-state index in [4.69, 9.17) is 16.3 Å². The highest BCUT2D eigenvalue weighted by Gasteiger charge is 2.32. The Morgan fingerprint density at radius 3 is 2.13 bits per heavy atom. The number of Topliss-reactive ketones (excluding diaryl/α,β-unsaturated/α-hetero) is 1. The molecule has 38 heavy (non-hydrogen) atoms. The minimum Gasteiger partial charge on any atom is -0.451 e. The summed E-state index contributed by atoms with van der Waals surface area (Å²) in [6.45, 7) is 10.3. The van der Waals surface area contributed by atoms with Crippen molar-refractivity contribution in [1.82, 2.24) is 8.87 Å². The van der Waals surface area contributed by atoms with Gasteiger partial charge < -0.3 is 9.30 Å². The lowest BCUT2D eigenvalue weighted by Crippen LogP contribution is -2.42. The van der Waals surface area contributed by atoms with E-state index in [1.165, 1.54) is 35.5 Å². The van der Waals surface area contributed by atoms with Gasteiger partial charge >= 0.3 is 5.97 Å². The standard InChI is InChI=1S/C29H33ClN2O5S/c1-18-14-19(2)17-31(16-18)38(35,36)26-12-6-23(7-13-26)29(34)37-22(5)28(33)27-15-20(3)32(21(27)4)25-10-8-24(30)9-11-25/h6-13,15,18-19,22H,14,16-17H2,1-5H3/t18-,19-,22-/m1/s1. The zero-order chi connectivity index (χ0) is 27.8. The Morgan fingerprint density at radius 2 is 1.55 bits per heavy atom. The molecule has 9 heteroatoms. The maximum Gasteiger partial charge on any atom is 0.338 e. The lowest BCUT2D eigenvalue weighted by atomic mass is 9.94. The third kappa shape index (κ3) is 5.72. The van der Waals surface area contributed by atoms with Crippen LogP contribution in [0.4, 0.5) is 0 Å². The van der Waals surface area contributed by atoms with E-state index < -0.39 is 22.1 Å². The van der Waals surface area contributed by atoms with E-state index in [0.717, 1.165) is 23.5 Å². The number of ether oxygens (including phenoxy) is 1. The van der Waals surface area contributed by atoms with Crippen LogP contribution < -0.4 is 0 Å². The van der Waals surface area contributed by atoms with E-state index in [2.05, 4.69) is 13.8 Å². The van der Waals surface area contributed by atoms with Crippen LogP contribution in [0.2, 0.25) is 5.02 Å². The van der Waals surface area contributed by atoms with Gasteiger partial charge in [0.2, 0.25) is 15.8 Å². The number of carbonyl (C=O) groups is 2. The zero-order valence-electron chi connectivity index (χ0n) is 22.3. The molecular formula is C29H33ClN2O5S. The van der Waals surface area contributed by atoms with Crippen LogP contribution in [0.15, 0.2) is 59.5 Å². The molecule has 0 N–H and O–H groups in total. The lowest BCUT2D eigenvalue weighted by molar-refractivity contribution is 0.0318. The summed E-state index contributed by atoms with van der Waals surface area (Å²) in [5.41, 5.74) is 3.10. The third-order valence-electron chi connectivity index (χ3n) is 7.00. The highest BCUT2D eigenvalue weighted by Crippen LogP contribution is 2.27. The summed E-state index contributed by atoms with van der Waals surface area (Å²) in [6.07, 6.45) is -0.0278. The van der Waals surface area contributed by atoms with Crippen molar-refractivity contribution in [3.63, 3.8) is 0 Å². The maximum atomic E-state index is 13.2. The van der Waals surface area contributed by atoms with Crippen LogP contribution in [0, 0.1) is 25.7 Å². The zero-order valence-corrected chi connectivity index (χ0v) is 23.8. The van der Waals surface area contributed by atoms with Crippen LogP contribution in [0.1, 0.15) is 59.3 Å². The molecule has 7 nitrogen and oxygen atoms in total. The normalized spacial score (nSPS) is 19.2. The van der Waals surface area contributed by atoms with Gasteiger partial charge in [0.25, 0.3) is 0 Å². The number of benzene rings is 2. The number of aryl methyl sites for hydroxylation is 1. The Hall–Kier alpha value is -2.94. The smallest absolute Gasteiger partial charge is 0.338 e. The van der Waals surface area contributed by atoms with Crippen LogP contribution >= 0.6 is 11.6 Å². The minimum atomic E-state index is -3.66. The molecule has 1 aliphatic heterocycles. The fourth-order valence-electron chi connectivity index (χ4n) is 5.21. The molecule has 3 aromatic rings. The number of hydrogen-bond acceptors (Lipinski definition) is 5. The molecule has 202 valence electrons. The molecule has 0 radical (unpaired) electrons. The summed E-state index contributed by atoms with van der Waals surface area (Å²) in [5.74, 6) is -0.435. The molecule has 0 unspecified atom stereocenters. The first-order chi connectivity index (χ1) is 17.9. The third-order valence-corrected chi connectivity index (χ3v) is 9.10. The predicted molar refractivity (Wildman–Crippen MR) is 148 cm³/mol. The molecular weight excluding hydrogens is 524 g/mol. The van der Waals surface area contributed by atoms with Crippen LogP contribution in [0.5, 0.6) is 0 Å². The first-order valence-corrected chi connectivity index (χ1v) is 14.5. The van der Waals surface area contributed by atoms with Crippen molar-refractivity contribution in [2.24, 2.45) is 11.8 Å². The largest absolute Gasteiger partial charge is 0.451 e. The van der Waals surface area contributed by atoms with Gasteiger partial charge in [-0.25, -0.2) is 13.2 Å². The second-order valence-corrected chi connectivity index (χ2v) is 12.7. The van der Waals surface area contributed by atoms with E-state index >= 15 is 0 Å². The summed E-state index contributed by atoms with van der Waals surface area (Å²) < 4.78 is 35.2. The SMILES string of the molecule is Cc1cc(C(=O)[C@@H](C)OC(=O)c2ccc(S(=O)(=O)N3C[C@H](C)C[C@@H](C)C3)cc2)c(C)n1-c1ccc(Cl)cc1. The van der Waals surface area contributed by atoms with Crippen molar-refractivity contribution in [1.29, 1.82) is 0 Å². The van der Waals surface area contributed by atoms with Gasteiger partial charge in [-0.15, -0.1) is 0 Å². The first kappa shape index (κ1) is 28.1. The summed E-state index contributed by atoms with van der Waals surface area (Å²) in [4.78, 5) is 26.1. The van der Waals surface area contributed by atoms with Gasteiger partial charge in [-0.3, -0.25) is 4.79 Å². The molecule has 0 aliphatic carbocycles. The summed E-state index contributed by atoms with van der Waals surface area (Å²) in [5, 5.41) is 0.620.